The fraction of sp³-hybridized carbons (Fsp3) is 0.154. The Hall–Kier alpha value is -2.41. The quantitative estimate of drug-likeness (QED) is 0.455. The lowest BCUT2D eigenvalue weighted by Gasteiger charge is -2.03. The van der Waals surface area contributed by atoms with Gasteiger partial charge < -0.3 is 11.5 Å². The largest absolute Gasteiger partial charge is 0.399 e. The maximum absolute atomic E-state index is 11.9. The first kappa shape index (κ1) is 14.0. The molecule has 0 saturated heterocycles. The maximum atomic E-state index is 11.9. The third-order valence-corrected chi connectivity index (χ3v) is 3.51. The van der Waals surface area contributed by atoms with Crippen LogP contribution in [0.3, 0.4) is 0 Å². The maximum Gasteiger partial charge on any atom is 0.271 e. The lowest BCUT2D eigenvalue weighted by atomic mass is 10.2. The summed E-state index contributed by atoms with van der Waals surface area (Å²) in [6, 6.07) is 6.61. The molecule has 0 aliphatic carbocycles. The molecule has 1 amide bonds. The van der Waals surface area contributed by atoms with Crippen LogP contribution in [0.25, 0.3) is 0 Å². The number of benzene rings is 1. The van der Waals surface area contributed by atoms with E-state index in [9.17, 15) is 4.79 Å². The molecule has 1 aromatic carbocycles. The molecule has 104 valence electrons. The highest BCUT2D eigenvalue weighted by Crippen LogP contribution is 2.21. The summed E-state index contributed by atoms with van der Waals surface area (Å²) >= 11 is 1.21. The van der Waals surface area contributed by atoms with Gasteiger partial charge >= 0.3 is 0 Å². The minimum Gasteiger partial charge on any atom is -0.399 e. The molecule has 0 fully saturated rings. The molecular formula is C13H15N5OS. The Labute approximate surface area is 120 Å². The molecule has 0 aliphatic rings. The molecule has 0 bridgehead atoms. The Balaban J connectivity index is 2.13. The molecule has 0 unspecified atom stereocenters. The van der Waals surface area contributed by atoms with Crippen LogP contribution in [0.15, 0.2) is 29.4 Å². The van der Waals surface area contributed by atoms with Crippen molar-refractivity contribution in [1.82, 2.24) is 9.80 Å². The smallest absolute Gasteiger partial charge is 0.271 e. The molecule has 0 saturated carbocycles. The van der Waals surface area contributed by atoms with E-state index in [0.717, 1.165) is 11.3 Å². The van der Waals surface area contributed by atoms with E-state index in [2.05, 4.69) is 14.9 Å². The van der Waals surface area contributed by atoms with E-state index in [-0.39, 0.29) is 5.91 Å². The van der Waals surface area contributed by atoms with Gasteiger partial charge in [-0.2, -0.15) is 9.47 Å². The molecule has 0 aliphatic heterocycles. The van der Waals surface area contributed by atoms with Crippen molar-refractivity contribution in [2.45, 2.75) is 13.8 Å². The van der Waals surface area contributed by atoms with Crippen LogP contribution in [-0.2, 0) is 0 Å². The zero-order valence-electron chi connectivity index (χ0n) is 11.2. The summed E-state index contributed by atoms with van der Waals surface area (Å²) in [5, 5.41) is 4.65. The predicted molar refractivity (Wildman–Crippen MR) is 81.8 cm³/mol. The van der Waals surface area contributed by atoms with E-state index < -0.39 is 0 Å². The molecule has 6 nitrogen and oxygen atoms in total. The first-order valence-electron chi connectivity index (χ1n) is 5.91. The van der Waals surface area contributed by atoms with Crippen LogP contribution < -0.4 is 16.9 Å². The molecule has 2 rings (SSSR count). The van der Waals surface area contributed by atoms with Gasteiger partial charge in [0.15, 0.2) is 0 Å². The van der Waals surface area contributed by atoms with E-state index in [1.165, 1.54) is 11.5 Å². The zero-order chi connectivity index (χ0) is 14.7. The number of carbonyl (C=O) groups excluding carboxylic acids is 1. The molecule has 5 N–H and O–H groups in total. The number of aryl methyl sites for hydroxylation is 1. The Bertz CT molecular complexity index is 640. The van der Waals surface area contributed by atoms with Gasteiger partial charge in [0.2, 0.25) is 0 Å². The molecule has 0 radical (unpaired) electrons. The van der Waals surface area contributed by atoms with Crippen LogP contribution in [0, 0.1) is 6.92 Å². The Morgan fingerprint density at radius 2 is 1.95 bits per heavy atom. The van der Waals surface area contributed by atoms with Crippen LogP contribution in [0.1, 0.15) is 28.5 Å². The number of nitrogen functional groups attached to an aromatic ring is 2. The number of hydrogen-bond acceptors (Lipinski definition) is 6. The van der Waals surface area contributed by atoms with Crippen molar-refractivity contribution >= 4 is 33.8 Å². The Kier molecular flexibility index (Phi) is 3.99. The third-order valence-electron chi connectivity index (χ3n) is 2.75. The number of carbonyl (C=O) groups is 1. The van der Waals surface area contributed by atoms with Crippen LogP contribution in [0.4, 0.5) is 10.7 Å². The first-order chi connectivity index (χ1) is 9.49. The predicted octanol–water partition coefficient (Wildman–Crippen LogP) is 1.77. The van der Waals surface area contributed by atoms with Gasteiger partial charge in [-0.1, -0.05) is 0 Å². The summed E-state index contributed by atoms with van der Waals surface area (Å²) in [5.74, 6) is -0.302. The highest BCUT2D eigenvalue weighted by atomic mass is 32.1. The van der Waals surface area contributed by atoms with Crippen LogP contribution in [-0.4, -0.2) is 16.0 Å². The summed E-state index contributed by atoms with van der Waals surface area (Å²) in [7, 11) is 0. The summed E-state index contributed by atoms with van der Waals surface area (Å²) in [4.78, 5) is 11.9. The molecule has 20 heavy (non-hydrogen) atoms. The highest BCUT2D eigenvalue weighted by Gasteiger charge is 2.11. The first-order valence-corrected chi connectivity index (χ1v) is 6.68. The Morgan fingerprint density at radius 1 is 1.30 bits per heavy atom. The van der Waals surface area contributed by atoms with Crippen molar-refractivity contribution < 1.29 is 4.79 Å². The summed E-state index contributed by atoms with van der Waals surface area (Å²) < 4.78 is 4.14. The number of hydrogen-bond donors (Lipinski definition) is 3. The second-order valence-corrected chi connectivity index (χ2v) is 5.07. The average molecular weight is 289 g/mol. The van der Waals surface area contributed by atoms with Crippen LogP contribution in [0.5, 0.6) is 0 Å². The fourth-order valence-corrected chi connectivity index (χ4v) is 2.43. The summed E-state index contributed by atoms with van der Waals surface area (Å²) in [6.07, 6.45) is 0. The van der Waals surface area contributed by atoms with Gasteiger partial charge in [0.05, 0.1) is 17.0 Å². The van der Waals surface area contributed by atoms with Crippen molar-refractivity contribution in [3.63, 3.8) is 0 Å². The topological polar surface area (TPSA) is 106 Å². The number of rotatable bonds is 3. The van der Waals surface area contributed by atoms with E-state index in [1.54, 1.807) is 31.2 Å². The van der Waals surface area contributed by atoms with E-state index in [1.807, 2.05) is 6.92 Å². The molecule has 1 heterocycles. The number of amides is 1. The zero-order valence-corrected chi connectivity index (χ0v) is 12.0. The fourth-order valence-electron chi connectivity index (χ4n) is 1.72. The lowest BCUT2D eigenvalue weighted by molar-refractivity contribution is 0.0955. The number of anilines is 2. The average Bonchev–Trinajstić information content (AvgIpc) is 2.76. The van der Waals surface area contributed by atoms with Gasteiger partial charge in [-0.05, 0) is 49.6 Å². The SMILES string of the molecule is C/C(=N/NC(=O)c1ccc(N)cc1)c1c(C)nsc1N. The number of hydrazone groups is 1. The summed E-state index contributed by atoms with van der Waals surface area (Å²) in [6.45, 7) is 3.62. The van der Waals surface area contributed by atoms with Crippen LogP contribution in [0.2, 0.25) is 0 Å². The molecule has 0 atom stereocenters. The molecule has 1 aromatic heterocycles. The van der Waals surface area contributed by atoms with Crippen molar-refractivity contribution in [3.8, 4) is 0 Å². The van der Waals surface area contributed by atoms with Gasteiger partial charge in [-0.3, -0.25) is 4.79 Å². The second kappa shape index (κ2) is 5.70. The molecule has 0 spiro atoms. The van der Waals surface area contributed by atoms with E-state index in [0.29, 0.717) is 22.0 Å². The van der Waals surface area contributed by atoms with Crippen molar-refractivity contribution in [1.29, 1.82) is 0 Å². The second-order valence-electron chi connectivity index (χ2n) is 4.27. The number of nitrogens with two attached hydrogens (primary N) is 2. The van der Waals surface area contributed by atoms with Crippen LogP contribution >= 0.6 is 11.5 Å². The number of nitrogens with zero attached hydrogens (tertiary/aromatic N) is 2. The third kappa shape index (κ3) is 2.94. The van der Waals surface area contributed by atoms with E-state index >= 15 is 0 Å². The van der Waals surface area contributed by atoms with Crippen molar-refractivity contribution in [3.05, 3.63) is 41.1 Å². The monoisotopic (exact) mass is 289 g/mol. The van der Waals surface area contributed by atoms with Crippen molar-refractivity contribution in [2.75, 3.05) is 11.5 Å². The van der Waals surface area contributed by atoms with Gasteiger partial charge in [-0.15, -0.1) is 0 Å². The standard InChI is InChI=1S/C13H15N5OS/c1-7(11-8(2)18-20-12(11)15)16-17-13(19)9-3-5-10(14)6-4-9/h3-6H,14-15H2,1-2H3,(H,17,19)/b16-7-. The van der Waals surface area contributed by atoms with Crippen molar-refractivity contribution in [2.24, 2.45) is 5.10 Å². The van der Waals surface area contributed by atoms with Gasteiger partial charge in [0, 0.05) is 11.3 Å². The molecule has 7 heteroatoms. The summed E-state index contributed by atoms with van der Waals surface area (Å²) in [5.41, 5.74) is 17.2. The lowest BCUT2D eigenvalue weighted by Crippen LogP contribution is -2.19. The number of nitrogens with one attached hydrogen (secondary N) is 1. The minimum absolute atomic E-state index is 0.302. The minimum atomic E-state index is -0.302. The van der Waals surface area contributed by atoms with E-state index in [4.69, 9.17) is 11.5 Å². The number of aromatic nitrogens is 1. The van der Waals surface area contributed by atoms with Gasteiger partial charge in [-0.25, -0.2) is 5.43 Å². The normalized spacial score (nSPS) is 11.4. The molecule has 2 aromatic rings. The Morgan fingerprint density at radius 3 is 2.50 bits per heavy atom. The van der Waals surface area contributed by atoms with Gasteiger partial charge in [0.1, 0.15) is 5.00 Å². The van der Waals surface area contributed by atoms with Gasteiger partial charge in [0.25, 0.3) is 5.91 Å². The molecular weight excluding hydrogens is 274 g/mol. The highest BCUT2D eigenvalue weighted by molar-refractivity contribution is 7.10.